The molecule has 20 heavy (non-hydrogen) atoms. The lowest BCUT2D eigenvalue weighted by atomic mass is 9.93. The van der Waals surface area contributed by atoms with Gasteiger partial charge >= 0.3 is 0 Å². The second-order valence-corrected chi connectivity index (χ2v) is 5.10. The van der Waals surface area contributed by atoms with Crippen molar-refractivity contribution in [3.8, 4) is 16.9 Å². The minimum atomic E-state index is 0.385. The monoisotopic (exact) mass is 264 g/mol. The number of hydrogen-bond acceptors (Lipinski definition) is 2. The van der Waals surface area contributed by atoms with Gasteiger partial charge in [-0.05, 0) is 18.2 Å². The second kappa shape index (κ2) is 4.23. The Morgan fingerprint density at radius 3 is 2.90 bits per heavy atom. The first-order valence-electron chi connectivity index (χ1n) is 6.66. The van der Waals surface area contributed by atoms with Gasteiger partial charge in [-0.3, -0.25) is 0 Å². The summed E-state index contributed by atoms with van der Waals surface area (Å²) < 4.78 is 7.43. The van der Waals surface area contributed by atoms with E-state index in [1.807, 2.05) is 12.1 Å². The molecule has 0 spiro atoms. The van der Waals surface area contributed by atoms with E-state index in [4.69, 9.17) is 4.42 Å². The van der Waals surface area contributed by atoms with E-state index in [1.165, 1.54) is 11.3 Å². The molecule has 98 valence electrons. The van der Waals surface area contributed by atoms with Gasteiger partial charge in [0.25, 0.3) is 0 Å². The lowest BCUT2D eigenvalue weighted by Gasteiger charge is -2.17. The number of hydrogen-bond donors (Lipinski definition) is 1. The Bertz CT molecular complexity index is 776. The summed E-state index contributed by atoms with van der Waals surface area (Å²) in [6.45, 7) is 0.796. The van der Waals surface area contributed by atoms with E-state index in [0.29, 0.717) is 5.75 Å². The SMILES string of the molecule is Oc1cccc2c1Cc1c(-c3ccoc3)ccc[n+]1C2. The number of phenols is 1. The zero-order chi connectivity index (χ0) is 13.5. The normalized spacial score (nSPS) is 12.8. The van der Waals surface area contributed by atoms with Crippen LogP contribution in [0.1, 0.15) is 16.8 Å². The van der Waals surface area contributed by atoms with Crippen LogP contribution in [-0.2, 0) is 13.0 Å². The van der Waals surface area contributed by atoms with Gasteiger partial charge in [0.1, 0.15) is 5.75 Å². The van der Waals surface area contributed by atoms with Crippen molar-refractivity contribution in [2.45, 2.75) is 13.0 Å². The van der Waals surface area contributed by atoms with Crippen molar-refractivity contribution in [2.24, 2.45) is 0 Å². The maximum atomic E-state index is 10.1. The first-order valence-corrected chi connectivity index (χ1v) is 6.66. The van der Waals surface area contributed by atoms with Crippen molar-refractivity contribution in [2.75, 3.05) is 0 Å². The number of pyridine rings is 1. The fourth-order valence-corrected chi connectivity index (χ4v) is 2.93. The van der Waals surface area contributed by atoms with Crippen molar-refractivity contribution in [1.29, 1.82) is 0 Å². The Hall–Kier alpha value is -2.55. The van der Waals surface area contributed by atoms with Crippen LogP contribution in [0.4, 0.5) is 0 Å². The molecule has 0 saturated carbocycles. The molecule has 2 aromatic heterocycles. The van der Waals surface area contributed by atoms with Gasteiger partial charge in [0, 0.05) is 22.8 Å². The molecule has 1 aromatic carbocycles. The molecule has 3 heterocycles. The minimum absolute atomic E-state index is 0.385. The van der Waals surface area contributed by atoms with Crippen molar-refractivity contribution in [3.05, 3.63) is 71.9 Å². The molecule has 0 radical (unpaired) electrons. The highest BCUT2D eigenvalue weighted by molar-refractivity contribution is 5.64. The van der Waals surface area contributed by atoms with Crippen LogP contribution in [0, 0.1) is 0 Å². The highest BCUT2D eigenvalue weighted by atomic mass is 16.3. The van der Waals surface area contributed by atoms with E-state index in [2.05, 4.69) is 29.0 Å². The number of aromatic nitrogens is 1. The summed E-state index contributed by atoms with van der Waals surface area (Å²) in [5.74, 6) is 0.385. The zero-order valence-corrected chi connectivity index (χ0v) is 10.9. The van der Waals surface area contributed by atoms with Crippen molar-refractivity contribution in [3.63, 3.8) is 0 Å². The summed E-state index contributed by atoms with van der Waals surface area (Å²) in [5.41, 5.74) is 5.67. The second-order valence-electron chi connectivity index (χ2n) is 5.10. The van der Waals surface area contributed by atoms with Gasteiger partial charge in [0.2, 0.25) is 0 Å². The molecule has 0 unspecified atom stereocenters. The molecule has 1 aliphatic rings. The van der Waals surface area contributed by atoms with Crippen LogP contribution in [0.3, 0.4) is 0 Å². The zero-order valence-electron chi connectivity index (χ0n) is 10.9. The van der Waals surface area contributed by atoms with Gasteiger partial charge < -0.3 is 9.52 Å². The van der Waals surface area contributed by atoms with Gasteiger partial charge in [-0.15, -0.1) is 0 Å². The number of fused-ring (bicyclic) bond motifs is 2. The standard InChI is InChI=1S/C17H13NO2/c19-17-5-1-3-12-10-18-7-2-4-14(13-6-8-20-11-13)16(18)9-15(12)17/h1-8,11H,9-10H2/p+1. The summed E-state index contributed by atoms with van der Waals surface area (Å²) in [6, 6.07) is 11.9. The molecule has 4 rings (SSSR count). The quantitative estimate of drug-likeness (QED) is 0.537. The van der Waals surface area contributed by atoms with Crippen molar-refractivity contribution < 1.29 is 14.1 Å². The lowest BCUT2D eigenvalue weighted by Crippen LogP contribution is -2.42. The fourth-order valence-electron chi connectivity index (χ4n) is 2.93. The summed E-state index contributed by atoms with van der Waals surface area (Å²) >= 11 is 0. The van der Waals surface area contributed by atoms with Crippen LogP contribution in [0.15, 0.2) is 59.5 Å². The Kier molecular flexibility index (Phi) is 2.39. The smallest absolute Gasteiger partial charge is 0.194 e. The molecule has 0 aliphatic carbocycles. The van der Waals surface area contributed by atoms with Crippen LogP contribution in [0.25, 0.3) is 11.1 Å². The Morgan fingerprint density at radius 2 is 2.05 bits per heavy atom. The molecule has 0 saturated heterocycles. The molecule has 1 N–H and O–H groups in total. The Morgan fingerprint density at radius 1 is 1.10 bits per heavy atom. The molecule has 0 atom stereocenters. The molecule has 3 heteroatoms. The van der Waals surface area contributed by atoms with E-state index in [0.717, 1.165) is 29.7 Å². The topological polar surface area (TPSA) is 37.3 Å². The van der Waals surface area contributed by atoms with Crippen LogP contribution in [-0.4, -0.2) is 5.11 Å². The molecule has 3 aromatic rings. The van der Waals surface area contributed by atoms with E-state index >= 15 is 0 Å². The van der Waals surface area contributed by atoms with Gasteiger partial charge in [0.05, 0.1) is 24.5 Å². The third-order valence-electron chi connectivity index (χ3n) is 3.95. The molecular formula is C17H14NO2+. The number of rotatable bonds is 1. The lowest BCUT2D eigenvalue weighted by molar-refractivity contribution is -0.697. The Labute approximate surface area is 116 Å². The van der Waals surface area contributed by atoms with E-state index in [9.17, 15) is 5.11 Å². The molecule has 0 bridgehead atoms. The highest BCUT2D eigenvalue weighted by Gasteiger charge is 2.27. The minimum Gasteiger partial charge on any atom is -0.508 e. The van der Waals surface area contributed by atoms with Crippen molar-refractivity contribution in [1.82, 2.24) is 0 Å². The molecule has 3 nitrogen and oxygen atoms in total. The van der Waals surface area contributed by atoms with Gasteiger partial charge in [-0.25, -0.2) is 0 Å². The maximum Gasteiger partial charge on any atom is 0.194 e. The predicted molar refractivity (Wildman–Crippen MR) is 74.4 cm³/mol. The predicted octanol–water partition coefficient (Wildman–Crippen LogP) is 2.89. The van der Waals surface area contributed by atoms with E-state index in [-0.39, 0.29) is 0 Å². The van der Waals surface area contributed by atoms with Gasteiger partial charge in [-0.1, -0.05) is 12.1 Å². The summed E-state index contributed by atoms with van der Waals surface area (Å²) in [5, 5.41) is 10.1. The first kappa shape index (κ1) is 11.3. The summed E-state index contributed by atoms with van der Waals surface area (Å²) in [7, 11) is 0. The number of phenolic OH excluding ortho intramolecular Hbond substituents is 1. The molecule has 0 amide bonds. The third-order valence-corrected chi connectivity index (χ3v) is 3.95. The average molecular weight is 264 g/mol. The number of nitrogens with zero attached hydrogens (tertiary/aromatic N) is 1. The number of furan rings is 1. The van der Waals surface area contributed by atoms with E-state index in [1.54, 1.807) is 18.6 Å². The average Bonchev–Trinajstić information content (AvgIpc) is 2.99. The van der Waals surface area contributed by atoms with Crippen molar-refractivity contribution >= 4 is 0 Å². The van der Waals surface area contributed by atoms with Crippen LogP contribution >= 0.6 is 0 Å². The Balaban J connectivity index is 1.89. The van der Waals surface area contributed by atoms with E-state index < -0.39 is 0 Å². The van der Waals surface area contributed by atoms with Crippen LogP contribution in [0.2, 0.25) is 0 Å². The molecular weight excluding hydrogens is 250 g/mol. The molecule has 1 aliphatic heterocycles. The van der Waals surface area contributed by atoms with Gasteiger partial charge in [-0.2, -0.15) is 4.57 Å². The third kappa shape index (κ3) is 1.63. The fraction of sp³-hybridized carbons (Fsp3) is 0.118. The van der Waals surface area contributed by atoms with Gasteiger partial charge in [0.15, 0.2) is 18.4 Å². The first-order chi connectivity index (χ1) is 9.83. The number of aromatic hydroxyl groups is 1. The maximum absolute atomic E-state index is 10.1. The molecule has 0 fully saturated rings. The summed E-state index contributed by atoms with van der Waals surface area (Å²) in [4.78, 5) is 0. The highest BCUT2D eigenvalue weighted by Crippen LogP contribution is 2.31. The number of benzene rings is 1. The van der Waals surface area contributed by atoms with Crippen LogP contribution in [0.5, 0.6) is 5.75 Å². The van der Waals surface area contributed by atoms with Crippen LogP contribution < -0.4 is 4.57 Å². The summed E-state index contributed by atoms with van der Waals surface area (Å²) in [6.07, 6.45) is 6.28. The largest absolute Gasteiger partial charge is 0.508 e.